The lowest BCUT2D eigenvalue weighted by Gasteiger charge is -2.30. The molecule has 0 spiro atoms. The van der Waals surface area contributed by atoms with Crippen LogP contribution in [-0.4, -0.2) is 9.97 Å². The van der Waals surface area contributed by atoms with Gasteiger partial charge in [-0.1, -0.05) is 44.2 Å². The molecule has 3 heteroatoms. The van der Waals surface area contributed by atoms with Gasteiger partial charge >= 0.3 is 0 Å². The number of nitrogens with two attached hydrogens (primary N) is 1. The number of benzene rings is 1. The summed E-state index contributed by atoms with van der Waals surface area (Å²) in [4.78, 5) is 8.87. The van der Waals surface area contributed by atoms with Crippen molar-refractivity contribution in [1.82, 2.24) is 9.97 Å². The molecule has 94 valence electrons. The molecule has 0 fully saturated rings. The third kappa shape index (κ3) is 2.08. The molecule has 0 amide bonds. The van der Waals surface area contributed by atoms with E-state index in [-0.39, 0.29) is 5.41 Å². The fourth-order valence-corrected chi connectivity index (χ4v) is 2.46. The Kier molecular flexibility index (Phi) is 3.60. The van der Waals surface area contributed by atoms with Gasteiger partial charge in [0, 0.05) is 6.20 Å². The van der Waals surface area contributed by atoms with Gasteiger partial charge in [-0.2, -0.15) is 0 Å². The third-order valence-electron chi connectivity index (χ3n) is 3.64. The molecule has 18 heavy (non-hydrogen) atoms. The zero-order valence-corrected chi connectivity index (χ0v) is 10.9. The van der Waals surface area contributed by atoms with Gasteiger partial charge in [0.05, 0.1) is 5.41 Å². The Labute approximate surface area is 108 Å². The topological polar surface area (TPSA) is 51.8 Å². The van der Waals surface area contributed by atoms with Gasteiger partial charge in [0.2, 0.25) is 0 Å². The Hall–Kier alpha value is -1.90. The number of hydrogen-bond acceptors (Lipinski definition) is 3. The summed E-state index contributed by atoms with van der Waals surface area (Å²) in [6.07, 6.45) is 3.65. The van der Waals surface area contributed by atoms with E-state index in [1.165, 1.54) is 5.56 Å². The van der Waals surface area contributed by atoms with E-state index in [2.05, 4.69) is 48.1 Å². The molecule has 0 atom stereocenters. The van der Waals surface area contributed by atoms with Crippen LogP contribution in [-0.2, 0) is 5.41 Å². The highest BCUT2D eigenvalue weighted by molar-refractivity contribution is 5.35. The van der Waals surface area contributed by atoms with Crippen molar-refractivity contribution >= 4 is 5.82 Å². The maximum absolute atomic E-state index is 5.79. The maximum atomic E-state index is 5.79. The number of hydrogen-bond donors (Lipinski definition) is 1. The highest BCUT2D eigenvalue weighted by Crippen LogP contribution is 2.36. The van der Waals surface area contributed by atoms with Crippen LogP contribution in [0.3, 0.4) is 0 Å². The minimum Gasteiger partial charge on any atom is -0.384 e. The second kappa shape index (κ2) is 5.17. The summed E-state index contributed by atoms with van der Waals surface area (Å²) < 4.78 is 0. The lowest BCUT2D eigenvalue weighted by molar-refractivity contribution is 0.449. The Morgan fingerprint density at radius 2 is 1.72 bits per heavy atom. The number of rotatable bonds is 4. The number of nitrogen functional groups attached to an aromatic ring is 1. The molecule has 0 saturated carbocycles. The van der Waals surface area contributed by atoms with Crippen molar-refractivity contribution in [3.05, 3.63) is 54.0 Å². The van der Waals surface area contributed by atoms with Crippen LogP contribution in [0.4, 0.5) is 5.82 Å². The van der Waals surface area contributed by atoms with E-state index < -0.39 is 0 Å². The monoisotopic (exact) mass is 241 g/mol. The molecule has 1 aromatic heterocycles. The Balaban J connectivity index is 2.57. The van der Waals surface area contributed by atoms with Crippen molar-refractivity contribution < 1.29 is 0 Å². The van der Waals surface area contributed by atoms with Gasteiger partial charge < -0.3 is 5.73 Å². The van der Waals surface area contributed by atoms with Gasteiger partial charge in [0.25, 0.3) is 0 Å². The Morgan fingerprint density at radius 1 is 1.06 bits per heavy atom. The van der Waals surface area contributed by atoms with E-state index in [0.717, 1.165) is 18.7 Å². The third-order valence-corrected chi connectivity index (χ3v) is 3.64. The quantitative estimate of drug-likeness (QED) is 0.894. The largest absolute Gasteiger partial charge is 0.384 e. The maximum Gasteiger partial charge on any atom is 0.141 e. The summed E-state index contributed by atoms with van der Waals surface area (Å²) in [6.45, 7) is 4.34. The van der Waals surface area contributed by atoms with Crippen molar-refractivity contribution in [2.24, 2.45) is 0 Å². The molecule has 0 unspecified atom stereocenters. The van der Waals surface area contributed by atoms with Gasteiger partial charge in [0.15, 0.2) is 0 Å². The summed E-state index contributed by atoms with van der Waals surface area (Å²) >= 11 is 0. The molecule has 0 aliphatic heterocycles. The lowest BCUT2D eigenvalue weighted by Crippen LogP contribution is -2.29. The van der Waals surface area contributed by atoms with Crippen LogP contribution in [0.2, 0.25) is 0 Å². The lowest BCUT2D eigenvalue weighted by atomic mass is 9.75. The standard InChI is InChI=1S/C15H19N3/c1-3-15(4-2,12-8-6-5-7-9-12)14-17-11-10-13(16)18-14/h5-11H,3-4H2,1-2H3,(H2,16,17,18). The van der Waals surface area contributed by atoms with Crippen molar-refractivity contribution in [2.45, 2.75) is 32.1 Å². The minimum absolute atomic E-state index is 0.142. The van der Waals surface area contributed by atoms with E-state index >= 15 is 0 Å². The van der Waals surface area contributed by atoms with E-state index in [4.69, 9.17) is 5.73 Å². The molecule has 1 aromatic carbocycles. The molecular formula is C15H19N3. The molecular weight excluding hydrogens is 222 g/mol. The van der Waals surface area contributed by atoms with E-state index in [9.17, 15) is 0 Å². The zero-order valence-electron chi connectivity index (χ0n) is 10.9. The van der Waals surface area contributed by atoms with Gasteiger partial charge in [0.1, 0.15) is 11.6 Å². The van der Waals surface area contributed by atoms with E-state index in [1.807, 2.05) is 6.07 Å². The number of anilines is 1. The summed E-state index contributed by atoms with van der Waals surface area (Å²) in [5.74, 6) is 1.35. The molecule has 0 bridgehead atoms. The van der Waals surface area contributed by atoms with Crippen molar-refractivity contribution in [1.29, 1.82) is 0 Å². The fraction of sp³-hybridized carbons (Fsp3) is 0.333. The Morgan fingerprint density at radius 3 is 2.28 bits per heavy atom. The van der Waals surface area contributed by atoms with Gasteiger partial charge in [-0.15, -0.1) is 0 Å². The smallest absolute Gasteiger partial charge is 0.141 e. The normalized spacial score (nSPS) is 11.4. The molecule has 0 aliphatic rings. The summed E-state index contributed by atoms with van der Waals surface area (Å²) in [5, 5.41) is 0. The first-order valence-electron chi connectivity index (χ1n) is 6.37. The van der Waals surface area contributed by atoms with Gasteiger partial charge in [-0.25, -0.2) is 9.97 Å². The summed E-state index contributed by atoms with van der Waals surface area (Å²) in [6, 6.07) is 12.1. The number of aromatic nitrogens is 2. The average Bonchev–Trinajstić information content (AvgIpc) is 2.42. The van der Waals surface area contributed by atoms with Crippen LogP contribution in [0, 0.1) is 0 Å². The van der Waals surface area contributed by atoms with Crippen LogP contribution >= 0.6 is 0 Å². The van der Waals surface area contributed by atoms with Crippen LogP contribution in [0.15, 0.2) is 42.6 Å². The first kappa shape index (κ1) is 12.6. The van der Waals surface area contributed by atoms with Gasteiger partial charge in [-0.05, 0) is 24.5 Å². The van der Waals surface area contributed by atoms with Crippen molar-refractivity contribution in [3.8, 4) is 0 Å². The predicted molar refractivity (Wildman–Crippen MR) is 74.2 cm³/mol. The Bertz CT molecular complexity index is 504. The first-order chi connectivity index (χ1) is 8.73. The molecule has 2 rings (SSSR count). The van der Waals surface area contributed by atoms with Crippen LogP contribution in [0.5, 0.6) is 0 Å². The van der Waals surface area contributed by atoms with Crippen LogP contribution in [0.1, 0.15) is 38.1 Å². The highest BCUT2D eigenvalue weighted by Gasteiger charge is 2.33. The zero-order chi connectivity index (χ0) is 13.0. The van der Waals surface area contributed by atoms with E-state index in [0.29, 0.717) is 5.82 Å². The first-order valence-corrected chi connectivity index (χ1v) is 6.37. The highest BCUT2D eigenvalue weighted by atomic mass is 15.0. The molecule has 0 radical (unpaired) electrons. The molecule has 2 aromatic rings. The van der Waals surface area contributed by atoms with Crippen LogP contribution < -0.4 is 5.73 Å². The second-order valence-electron chi connectivity index (χ2n) is 4.46. The number of nitrogens with zero attached hydrogens (tertiary/aromatic N) is 2. The second-order valence-corrected chi connectivity index (χ2v) is 4.46. The SMILES string of the molecule is CCC(CC)(c1ccccc1)c1nccc(N)n1. The predicted octanol–water partition coefficient (Wildman–Crippen LogP) is 3.16. The van der Waals surface area contributed by atoms with Crippen molar-refractivity contribution in [3.63, 3.8) is 0 Å². The molecule has 0 aliphatic carbocycles. The molecule has 0 saturated heterocycles. The molecule has 2 N–H and O–H groups in total. The van der Waals surface area contributed by atoms with Gasteiger partial charge in [-0.3, -0.25) is 0 Å². The van der Waals surface area contributed by atoms with E-state index in [1.54, 1.807) is 12.3 Å². The van der Waals surface area contributed by atoms with Crippen molar-refractivity contribution in [2.75, 3.05) is 5.73 Å². The summed E-state index contributed by atoms with van der Waals surface area (Å²) in [7, 11) is 0. The summed E-state index contributed by atoms with van der Waals surface area (Å²) in [5.41, 5.74) is 6.90. The molecule has 3 nitrogen and oxygen atoms in total. The minimum atomic E-state index is -0.142. The van der Waals surface area contributed by atoms with Crippen LogP contribution in [0.25, 0.3) is 0 Å². The average molecular weight is 241 g/mol. The molecule has 1 heterocycles. The fourth-order valence-electron chi connectivity index (χ4n) is 2.46.